The second-order valence-corrected chi connectivity index (χ2v) is 6.74. The molecule has 1 fully saturated rings. The zero-order valence-corrected chi connectivity index (χ0v) is 14.0. The van der Waals surface area contributed by atoms with Crippen LogP contribution in [0.15, 0.2) is 30.3 Å². The van der Waals surface area contributed by atoms with Gasteiger partial charge in [0.15, 0.2) is 0 Å². The van der Waals surface area contributed by atoms with Crippen molar-refractivity contribution in [3.05, 3.63) is 35.9 Å². The molecular formula is C14H17N3O7S. The van der Waals surface area contributed by atoms with Gasteiger partial charge in [-0.3, -0.25) is 14.1 Å². The van der Waals surface area contributed by atoms with Gasteiger partial charge in [0.1, 0.15) is 12.6 Å². The lowest BCUT2D eigenvalue weighted by Gasteiger charge is -2.40. The Morgan fingerprint density at radius 3 is 2.48 bits per heavy atom. The smallest absolute Gasteiger partial charge is 0.417 e. The Morgan fingerprint density at radius 2 is 2.00 bits per heavy atom. The van der Waals surface area contributed by atoms with E-state index in [-0.39, 0.29) is 10.9 Å². The maximum Gasteiger partial charge on any atom is 0.417 e. The number of hydrogen-bond acceptors (Lipinski definition) is 7. The van der Waals surface area contributed by atoms with Crippen molar-refractivity contribution in [2.45, 2.75) is 25.6 Å². The van der Waals surface area contributed by atoms with Crippen molar-refractivity contribution in [1.29, 1.82) is 0 Å². The van der Waals surface area contributed by atoms with E-state index >= 15 is 0 Å². The number of nitrogens with zero attached hydrogens (tertiary/aromatic N) is 2. The molecule has 136 valence electrons. The first kappa shape index (κ1) is 18.8. The van der Waals surface area contributed by atoms with Crippen LogP contribution in [-0.2, 0) is 31.2 Å². The lowest BCUT2D eigenvalue weighted by atomic mass is 10.1. The third kappa shape index (κ3) is 4.13. The molecule has 1 saturated heterocycles. The average Bonchev–Trinajstić information content (AvgIpc) is 2.54. The van der Waals surface area contributed by atoms with Gasteiger partial charge >= 0.3 is 16.4 Å². The molecule has 0 saturated carbocycles. The summed E-state index contributed by atoms with van der Waals surface area (Å²) in [6, 6.07) is 6.11. The molecule has 25 heavy (non-hydrogen) atoms. The minimum absolute atomic E-state index is 0.142. The van der Waals surface area contributed by atoms with E-state index in [2.05, 4.69) is 0 Å². The first-order chi connectivity index (χ1) is 11.6. The Bertz CT molecular complexity index is 779. The van der Waals surface area contributed by atoms with E-state index in [1.54, 1.807) is 30.3 Å². The van der Waals surface area contributed by atoms with Gasteiger partial charge in [-0.2, -0.15) is 8.42 Å². The predicted octanol–water partition coefficient (Wildman–Crippen LogP) is -0.487. The number of nitrogens with two attached hydrogens (primary N) is 1. The number of β-lactam (4-membered cyclic amide) rings is 1. The summed E-state index contributed by atoms with van der Waals surface area (Å²) in [6.07, 6.45) is -1.13. The summed E-state index contributed by atoms with van der Waals surface area (Å²) in [6.45, 7) is 0.603. The van der Waals surface area contributed by atoms with Crippen molar-refractivity contribution in [1.82, 2.24) is 9.21 Å². The van der Waals surface area contributed by atoms with Crippen LogP contribution >= 0.6 is 0 Å². The highest BCUT2D eigenvalue weighted by molar-refractivity contribution is 7.84. The third-order valence-electron chi connectivity index (χ3n) is 3.49. The first-order valence-electron chi connectivity index (χ1n) is 7.21. The maximum absolute atomic E-state index is 12.2. The number of benzene rings is 1. The van der Waals surface area contributed by atoms with E-state index in [4.69, 9.17) is 15.0 Å². The van der Waals surface area contributed by atoms with Gasteiger partial charge in [-0.25, -0.2) is 14.0 Å². The fourth-order valence-electron chi connectivity index (χ4n) is 2.16. The molecule has 1 heterocycles. The number of carbonyl (C=O) groups excluding carboxylic acids is 3. The van der Waals surface area contributed by atoms with Crippen LogP contribution in [-0.4, -0.2) is 58.7 Å². The predicted molar refractivity (Wildman–Crippen MR) is 84.2 cm³/mol. The zero-order chi connectivity index (χ0) is 18.8. The Kier molecular flexibility index (Phi) is 5.40. The van der Waals surface area contributed by atoms with E-state index in [9.17, 15) is 22.8 Å². The summed E-state index contributed by atoms with van der Waals surface area (Å²) >= 11 is 0. The van der Waals surface area contributed by atoms with Crippen LogP contribution in [0, 0.1) is 0 Å². The highest BCUT2D eigenvalue weighted by Crippen LogP contribution is 2.21. The van der Waals surface area contributed by atoms with Crippen LogP contribution in [0.25, 0.3) is 0 Å². The van der Waals surface area contributed by atoms with Crippen LogP contribution < -0.4 is 5.73 Å². The maximum atomic E-state index is 12.2. The number of imide groups is 1. The molecule has 0 bridgehead atoms. The number of amides is 3. The molecule has 1 unspecified atom stereocenters. The molecule has 0 aromatic heterocycles. The van der Waals surface area contributed by atoms with Crippen molar-refractivity contribution in [2.75, 3.05) is 6.54 Å². The normalized spacial score (nSPS) is 18.3. The largest absolute Gasteiger partial charge is 0.444 e. The van der Waals surface area contributed by atoms with Gasteiger partial charge in [0.2, 0.25) is 5.91 Å². The summed E-state index contributed by atoms with van der Waals surface area (Å²) in [5.41, 5.74) is 6.13. The molecule has 0 spiro atoms. The highest BCUT2D eigenvalue weighted by atomic mass is 32.2. The van der Waals surface area contributed by atoms with Gasteiger partial charge in [-0.05, 0) is 12.5 Å². The molecule has 1 aliphatic rings. The summed E-state index contributed by atoms with van der Waals surface area (Å²) in [7, 11) is -4.75. The molecule has 3 N–H and O–H groups in total. The van der Waals surface area contributed by atoms with Crippen molar-refractivity contribution < 1.29 is 32.1 Å². The van der Waals surface area contributed by atoms with Crippen molar-refractivity contribution >= 4 is 28.2 Å². The van der Waals surface area contributed by atoms with Crippen LogP contribution in [0.5, 0.6) is 0 Å². The molecule has 0 radical (unpaired) electrons. The Balaban J connectivity index is 2.13. The summed E-state index contributed by atoms with van der Waals surface area (Å²) in [5.74, 6) is -2.01. The number of rotatable bonds is 5. The van der Waals surface area contributed by atoms with E-state index in [0.29, 0.717) is 10.5 Å². The van der Waals surface area contributed by atoms with Crippen molar-refractivity contribution in [3.8, 4) is 0 Å². The molecule has 10 nitrogen and oxygen atoms in total. The van der Waals surface area contributed by atoms with E-state index in [1.165, 1.54) is 6.92 Å². The van der Waals surface area contributed by atoms with E-state index < -0.39 is 46.8 Å². The van der Waals surface area contributed by atoms with Gasteiger partial charge in [0.05, 0.1) is 12.6 Å². The van der Waals surface area contributed by atoms with Gasteiger partial charge in [-0.15, -0.1) is 0 Å². The van der Waals surface area contributed by atoms with Crippen LogP contribution in [0.1, 0.15) is 12.5 Å². The zero-order valence-electron chi connectivity index (χ0n) is 13.2. The van der Waals surface area contributed by atoms with Crippen molar-refractivity contribution in [3.63, 3.8) is 0 Å². The fraction of sp³-hybridized carbons (Fsp3) is 0.357. The number of carbonyl (C=O) groups is 3. The van der Waals surface area contributed by atoms with Gasteiger partial charge in [0, 0.05) is 0 Å². The first-order valence-corrected chi connectivity index (χ1v) is 8.61. The quantitative estimate of drug-likeness (QED) is 0.520. The lowest BCUT2D eigenvalue weighted by molar-refractivity contribution is -0.150. The number of hydrogen-bond donors (Lipinski definition) is 2. The van der Waals surface area contributed by atoms with Crippen LogP contribution in [0.2, 0.25) is 0 Å². The summed E-state index contributed by atoms with van der Waals surface area (Å²) < 4.78 is 36.0. The molecule has 1 aromatic rings. The molecule has 1 aliphatic heterocycles. The Morgan fingerprint density at radius 1 is 1.40 bits per heavy atom. The SMILES string of the molecule is C[C@@H](N)C(=O)N(C(=O)OCc1ccccc1)C1CN(S(=O)(=O)O)C1=O. The van der Waals surface area contributed by atoms with E-state index in [1.807, 2.05) is 0 Å². The Labute approximate surface area is 144 Å². The molecule has 2 atom stereocenters. The standard InChI is InChI=1S/C14H17N3O7S/c1-9(15)12(18)17(11-7-16(13(11)19)25(21,22)23)14(20)24-8-10-5-3-2-4-6-10/h2-6,9,11H,7-8,15H2,1H3,(H,21,22,23)/t9-,11?/m1/s1. The molecule has 11 heteroatoms. The molecular weight excluding hydrogens is 354 g/mol. The summed E-state index contributed by atoms with van der Waals surface area (Å²) in [5, 5.41) is 0. The van der Waals surface area contributed by atoms with Crippen LogP contribution in [0.4, 0.5) is 4.79 Å². The molecule has 2 rings (SSSR count). The minimum atomic E-state index is -4.75. The van der Waals surface area contributed by atoms with Crippen molar-refractivity contribution in [2.24, 2.45) is 5.73 Å². The third-order valence-corrected chi connectivity index (χ3v) is 4.37. The minimum Gasteiger partial charge on any atom is -0.444 e. The van der Waals surface area contributed by atoms with Gasteiger partial charge in [0.25, 0.3) is 5.91 Å². The second-order valence-electron chi connectivity index (χ2n) is 5.40. The number of ether oxygens (including phenoxy) is 1. The second kappa shape index (κ2) is 7.17. The topological polar surface area (TPSA) is 147 Å². The molecule has 1 aromatic carbocycles. The molecule has 3 amide bonds. The Hall–Kier alpha value is -2.50. The lowest BCUT2D eigenvalue weighted by Crippen LogP contribution is -2.68. The monoisotopic (exact) mass is 371 g/mol. The molecule has 0 aliphatic carbocycles. The van der Waals surface area contributed by atoms with Gasteiger partial charge in [-0.1, -0.05) is 30.3 Å². The van der Waals surface area contributed by atoms with Gasteiger partial charge < -0.3 is 10.5 Å². The van der Waals surface area contributed by atoms with E-state index in [0.717, 1.165) is 0 Å². The highest BCUT2D eigenvalue weighted by Gasteiger charge is 2.51. The average molecular weight is 371 g/mol. The summed E-state index contributed by atoms with van der Waals surface area (Å²) in [4.78, 5) is 36.8. The fourth-order valence-corrected chi connectivity index (χ4v) is 2.84. The van der Waals surface area contributed by atoms with Crippen LogP contribution in [0.3, 0.4) is 0 Å².